The third-order valence-electron chi connectivity index (χ3n) is 5.12. The van der Waals surface area contributed by atoms with Crippen LogP contribution in [-0.2, 0) is 17.6 Å². The molecule has 3 aromatic rings. The second kappa shape index (κ2) is 6.72. The van der Waals surface area contributed by atoms with E-state index in [9.17, 15) is 9.59 Å². The molecule has 7 nitrogen and oxygen atoms in total. The SMILES string of the molecule is Cc1nc2c(C#N)c[nH]n2c(=O)c1CC(=O)NC1CCCc2ccccc21. The molecule has 1 aliphatic rings. The molecule has 1 unspecified atom stereocenters. The van der Waals surface area contributed by atoms with Crippen LogP contribution >= 0.6 is 0 Å². The molecule has 7 heteroatoms. The van der Waals surface area contributed by atoms with Gasteiger partial charge in [0, 0.05) is 17.5 Å². The van der Waals surface area contributed by atoms with Crippen molar-refractivity contribution >= 4 is 11.6 Å². The Balaban J connectivity index is 1.59. The molecule has 1 atom stereocenters. The number of aryl methyl sites for hydroxylation is 2. The van der Waals surface area contributed by atoms with Gasteiger partial charge in [-0.05, 0) is 37.3 Å². The van der Waals surface area contributed by atoms with Gasteiger partial charge in [0.1, 0.15) is 11.6 Å². The summed E-state index contributed by atoms with van der Waals surface area (Å²) in [6.45, 7) is 1.69. The maximum absolute atomic E-state index is 12.7. The maximum atomic E-state index is 12.7. The van der Waals surface area contributed by atoms with Gasteiger partial charge in [-0.1, -0.05) is 24.3 Å². The maximum Gasteiger partial charge on any atom is 0.276 e. The minimum atomic E-state index is -0.349. The fourth-order valence-electron chi connectivity index (χ4n) is 3.75. The molecule has 2 N–H and O–H groups in total. The van der Waals surface area contributed by atoms with Crippen molar-refractivity contribution < 1.29 is 4.79 Å². The summed E-state index contributed by atoms with van der Waals surface area (Å²) in [6, 6.07) is 10.1. The van der Waals surface area contributed by atoms with E-state index >= 15 is 0 Å². The lowest BCUT2D eigenvalue weighted by molar-refractivity contribution is -0.121. The van der Waals surface area contributed by atoms with Crippen LogP contribution in [0.25, 0.3) is 5.65 Å². The molecule has 2 aromatic heterocycles. The number of rotatable bonds is 3. The molecule has 1 aliphatic carbocycles. The zero-order valence-corrected chi connectivity index (χ0v) is 15.0. The fraction of sp³-hybridized carbons (Fsp3) is 0.300. The Bertz CT molecular complexity index is 1140. The first-order valence-electron chi connectivity index (χ1n) is 8.95. The quantitative estimate of drug-likeness (QED) is 0.744. The summed E-state index contributed by atoms with van der Waals surface area (Å²) in [5, 5.41) is 14.9. The lowest BCUT2D eigenvalue weighted by Gasteiger charge is -2.26. The zero-order valence-electron chi connectivity index (χ0n) is 15.0. The molecule has 0 spiro atoms. The van der Waals surface area contributed by atoms with Gasteiger partial charge in [0.05, 0.1) is 12.5 Å². The Labute approximate surface area is 155 Å². The van der Waals surface area contributed by atoms with Crippen molar-refractivity contribution in [1.29, 1.82) is 5.26 Å². The van der Waals surface area contributed by atoms with Crippen LogP contribution in [0.1, 0.15) is 46.8 Å². The van der Waals surface area contributed by atoms with Crippen LogP contribution in [0.4, 0.5) is 0 Å². The van der Waals surface area contributed by atoms with E-state index in [-0.39, 0.29) is 29.6 Å². The van der Waals surface area contributed by atoms with Crippen LogP contribution in [0.15, 0.2) is 35.3 Å². The van der Waals surface area contributed by atoms with Crippen molar-refractivity contribution in [3.8, 4) is 6.07 Å². The Kier molecular flexibility index (Phi) is 4.24. The number of aromatic nitrogens is 3. The van der Waals surface area contributed by atoms with E-state index in [0.717, 1.165) is 24.8 Å². The molecule has 4 rings (SSSR count). The second-order valence-corrected chi connectivity index (χ2v) is 6.83. The van der Waals surface area contributed by atoms with Gasteiger partial charge < -0.3 is 5.32 Å². The van der Waals surface area contributed by atoms with E-state index in [0.29, 0.717) is 16.8 Å². The van der Waals surface area contributed by atoms with Gasteiger partial charge in [-0.15, -0.1) is 0 Å². The summed E-state index contributed by atoms with van der Waals surface area (Å²) in [4.78, 5) is 29.7. The Morgan fingerprint density at radius 1 is 1.44 bits per heavy atom. The van der Waals surface area contributed by atoms with Crippen LogP contribution < -0.4 is 10.9 Å². The highest BCUT2D eigenvalue weighted by molar-refractivity contribution is 5.79. The number of amides is 1. The summed E-state index contributed by atoms with van der Waals surface area (Å²) in [5.41, 5.74) is 3.45. The van der Waals surface area contributed by atoms with Gasteiger partial charge in [-0.2, -0.15) is 5.26 Å². The van der Waals surface area contributed by atoms with Crippen LogP contribution in [0.5, 0.6) is 0 Å². The summed E-state index contributed by atoms with van der Waals surface area (Å²) in [6.07, 6.45) is 4.33. The normalized spacial score (nSPS) is 15.9. The number of carbonyl (C=O) groups excluding carboxylic acids is 1. The number of hydrogen-bond acceptors (Lipinski definition) is 4. The predicted octanol–water partition coefficient (Wildman–Crippen LogP) is 1.94. The lowest BCUT2D eigenvalue weighted by atomic mass is 9.87. The van der Waals surface area contributed by atoms with Crippen LogP contribution in [0.3, 0.4) is 0 Å². The average molecular weight is 361 g/mol. The lowest BCUT2D eigenvalue weighted by Crippen LogP contribution is -2.34. The smallest absolute Gasteiger partial charge is 0.276 e. The van der Waals surface area contributed by atoms with Crippen LogP contribution in [0.2, 0.25) is 0 Å². The van der Waals surface area contributed by atoms with Crippen molar-refractivity contribution in [2.75, 3.05) is 0 Å². The predicted molar refractivity (Wildman–Crippen MR) is 99.2 cm³/mol. The zero-order chi connectivity index (χ0) is 19.0. The number of nitriles is 1. The first-order chi connectivity index (χ1) is 13.1. The van der Waals surface area contributed by atoms with Crippen molar-refractivity contribution in [3.05, 3.63) is 68.8 Å². The van der Waals surface area contributed by atoms with E-state index < -0.39 is 0 Å². The third-order valence-corrected chi connectivity index (χ3v) is 5.12. The molecule has 0 saturated carbocycles. The number of aromatic amines is 1. The molecule has 27 heavy (non-hydrogen) atoms. The van der Waals surface area contributed by atoms with Crippen molar-refractivity contribution in [3.63, 3.8) is 0 Å². The monoisotopic (exact) mass is 361 g/mol. The second-order valence-electron chi connectivity index (χ2n) is 6.83. The molecule has 1 amide bonds. The number of benzene rings is 1. The molecule has 1 aromatic carbocycles. The Morgan fingerprint density at radius 2 is 2.26 bits per heavy atom. The first-order valence-corrected chi connectivity index (χ1v) is 8.95. The highest BCUT2D eigenvalue weighted by Gasteiger charge is 2.23. The van der Waals surface area contributed by atoms with Crippen LogP contribution in [0, 0.1) is 18.3 Å². The van der Waals surface area contributed by atoms with Crippen LogP contribution in [-0.4, -0.2) is 20.5 Å². The standard InChI is InChI=1S/C20H19N5O2/c1-12-16(20(27)25-19(23-12)14(10-21)11-22-25)9-18(26)24-17-8-4-6-13-5-2-3-7-15(13)17/h2-3,5,7,11,17,22H,4,6,8-9H2,1H3,(H,24,26). The molecule has 0 radical (unpaired) electrons. The van der Waals surface area contributed by atoms with E-state index in [1.165, 1.54) is 16.3 Å². The summed E-state index contributed by atoms with van der Waals surface area (Å²) < 4.78 is 1.21. The number of hydrogen-bond donors (Lipinski definition) is 2. The number of nitrogens with zero attached hydrogens (tertiary/aromatic N) is 3. The molecule has 0 bridgehead atoms. The number of nitrogens with one attached hydrogen (secondary N) is 2. The number of fused-ring (bicyclic) bond motifs is 2. The molecule has 136 valence electrons. The highest BCUT2D eigenvalue weighted by Crippen LogP contribution is 2.29. The fourth-order valence-corrected chi connectivity index (χ4v) is 3.75. The van der Waals surface area contributed by atoms with Crippen molar-refractivity contribution in [2.45, 2.75) is 38.6 Å². The van der Waals surface area contributed by atoms with E-state index in [4.69, 9.17) is 5.26 Å². The van der Waals surface area contributed by atoms with Gasteiger partial charge >= 0.3 is 0 Å². The third kappa shape index (κ3) is 2.99. The van der Waals surface area contributed by atoms with Crippen molar-refractivity contribution in [2.24, 2.45) is 0 Å². The summed E-state index contributed by atoms with van der Waals surface area (Å²) in [5.74, 6) is -0.203. The van der Waals surface area contributed by atoms with E-state index in [1.54, 1.807) is 6.92 Å². The molecule has 0 aliphatic heterocycles. The first kappa shape index (κ1) is 17.0. The van der Waals surface area contributed by atoms with Crippen molar-refractivity contribution in [1.82, 2.24) is 19.9 Å². The van der Waals surface area contributed by atoms with Gasteiger partial charge in [0.2, 0.25) is 5.91 Å². The topological polar surface area (TPSA) is 103 Å². The minimum Gasteiger partial charge on any atom is -0.349 e. The summed E-state index contributed by atoms with van der Waals surface area (Å²) >= 11 is 0. The Hall–Kier alpha value is -3.40. The average Bonchev–Trinajstić information content (AvgIpc) is 3.08. The molecule has 0 fully saturated rings. The molecule has 0 saturated heterocycles. The largest absolute Gasteiger partial charge is 0.349 e. The Morgan fingerprint density at radius 3 is 3.07 bits per heavy atom. The van der Waals surface area contributed by atoms with E-state index in [1.807, 2.05) is 18.2 Å². The summed E-state index contributed by atoms with van der Waals surface area (Å²) in [7, 11) is 0. The van der Waals surface area contributed by atoms with E-state index in [2.05, 4.69) is 27.5 Å². The van der Waals surface area contributed by atoms with Gasteiger partial charge in [0.15, 0.2) is 5.65 Å². The highest BCUT2D eigenvalue weighted by atomic mass is 16.2. The molecular weight excluding hydrogens is 342 g/mol. The van der Waals surface area contributed by atoms with Gasteiger partial charge in [-0.3, -0.25) is 14.7 Å². The number of carbonyl (C=O) groups is 1. The molecular formula is C20H19N5O2. The minimum absolute atomic E-state index is 0.0297. The van der Waals surface area contributed by atoms with Gasteiger partial charge in [0.25, 0.3) is 5.56 Å². The van der Waals surface area contributed by atoms with Gasteiger partial charge in [-0.25, -0.2) is 9.50 Å². The number of H-pyrrole nitrogens is 1. The molecule has 2 heterocycles.